The third-order valence-corrected chi connectivity index (χ3v) is 2.17. The molecule has 0 bridgehead atoms. The van der Waals surface area contributed by atoms with Gasteiger partial charge in [0.05, 0.1) is 6.54 Å². The highest BCUT2D eigenvalue weighted by Crippen LogP contribution is 2.23. The van der Waals surface area contributed by atoms with Gasteiger partial charge in [-0.05, 0) is 13.5 Å². The van der Waals surface area contributed by atoms with Crippen molar-refractivity contribution in [3.05, 3.63) is 0 Å². The van der Waals surface area contributed by atoms with Crippen molar-refractivity contribution in [2.45, 2.75) is 26.1 Å². The van der Waals surface area contributed by atoms with Crippen LogP contribution in [0.2, 0.25) is 0 Å². The second kappa shape index (κ2) is 6.70. The first kappa shape index (κ1) is 15.2. The zero-order chi connectivity index (χ0) is 12.8. The molecule has 0 rings (SSSR count). The minimum atomic E-state index is -4.41. The Bertz CT molecular complexity index is 221. The molecule has 3 N–H and O–H groups in total. The van der Waals surface area contributed by atoms with Crippen LogP contribution in [0, 0.1) is 0 Å². The summed E-state index contributed by atoms with van der Waals surface area (Å²) >= 11 is 0. The normalized spacial score (nSPS) is 13.9. The number of carbonyl (C=O) groups excluding carboxylic acids is 1. The topological polar surface area (TPSA) is 58.4 Å². The zero-order valence-corrected chi connectivity index (χ0v) is 9.47. The molecule has 0 aliphatic carbocycles. The van der Waals surface area contributed by atoms with E-state index in [-0.39, 0.29) is 13.1 Å². The Morgan fingerprint density at radius 3 is 2.31 bits per heavy atom. The van der Waals surface area contributed by atoms with Crippen molar-refractivity contribution in [2.24, 2.45) is 5.73 Å². The van der Waals surface area contributed by atoms with Gasteiger partial charge >= 0.3 is 6.18 Å². The number of nitrogens with one attached hydrogen (secondary N) is 1. The van der Waals surface area contributed by atoms with Gasteiger partial charge in [0.2, 0.25) is 5.91 Å². The van der Waals surface area contributed by atoms with E-state index in [1.807, 2.05) is 0 Å². The molecular formula is C9H18F3N3O. The molecule has 16 heavy (non-hydrogen) atoms. The number of likely N-dealkylation sites (N-methyl/N-ethyl adjacent to an activating group) is 2. The van der Waals surface area contributed by atoms with Crippen LogP contribution in [0.5, 0.6) is 0 Å². The van der Waals surface area contributed by atoms with Crippen molar-refractivity contribution in [1.82, 2.24) is 10.2 Å². The van der Waals surface area contributed by atoms with Crippen molar-refractivity contribution >= 4 is 5.91 Å². The summed E-state index contributed by atoms with van der Waals surface area (Å²) in [7, 11) is 0. The van der Waals surface area contributed by atoms with Crippen LogP contribution in [-0.4, -0.2) is 49.2 Å². The van der Waals surface area contributed by atoms with Crippen LogP contribution in [0.15, 0.2) is 0 Å². The SMILES string of the molecule is CCNC(=O)CN(CC)C(CN)C(F)(F)F. The summed E-state index contributed by atoms with van der Waals surface area (Å²) in [5.41, 5.74) is 5.09. The highest BCUT2D eigenvalue weighted by atomic mass is 19.4. The van der Waals surface area contributed by atoms with Gasteiger partial charge in [-0.15, -0.1) is 0 Å². The molecule has 7 heteroatoms. The lowest BCUT2D eigenvalue weighted by Gasteiger charge is -2.30. The summed E-state index contributed by atoms with van der Waals surface area (Å²) in [6.07, 6.45) is -4.41. The number of nitrogens with zero attached hydrogens (tertiary/aromatic N) is 1. The summed E-state index contributed by atoms with van der Waals surface area (Å²) in [5.74, 6) is -0.424. The number of rotatable bonds is 6. The molecule has 0 fully saturated rings. The van der Waals surface area contributed by atoms with Gasteiger partial charge in [0.25, 0.3) is 0 Å². The maximum atomic E-state index is 12.5. The monoisotopic (exact) mass is 241 g/mol. The first-order valence-electron chi connectivity index (χ1n) is 5.14. The number of hydrogen-bond donors (Lipinski definition) is 2. The number of alkyl halides is 3. The van der Waals surface area contributed by atoms with Crippen LogP contribution in [0.4, 0.5) is 13.2 Å². The van der Waals surface area contributed by atoms with Gasteiger partial charge in [-0.2, -0.15) is 13.2 Å². The van der Waals surface area contributed by atoms with E-state index in [1.54, 1.807) is 13.8 Å². The molecular weight excluding hydrogens is 223 g/mol. The van der Waals surface area contributed by atoms with Gasteiger partial charge in [0.1, 0.15) is 6.04 Å². The number of nitrogens with two attached hydrogens (primary N) is 1. The van der Waals surface area contributed by atoms with Crippen LogP contribution in [0.1, 0.15) is 13.8 Å². The van der Waals surface area contributed by atoms with Gasteiger partial charge in [0.15, 0.2) is 0 Å². The van der Waals surface area contributed by atoms with E-state index in [2.05, 4.69) is 5.32 Å². The smallest absolute Gasteiger partial charge is 0.355 e. The fraction of sp³-hybridized carbons (Fsp3) is 0.889. The molecule has 0 aromatic carbocycles. The first-order valence-corrected chi connectivity index (χ1v) is 5.14. The summed E-state index contributed by atoms with van der Waals surface area (Å²) in [6.45, 7) is 2.96. The Morgan fingerprint density at radius 1 is 1.44 bits per heavy atom. The van der Waals surface area contributed by atoms with Crippen molar-refractivity contribution in [1.29, 1.82) is 0 Å². The molecule has 0 aliphatic rings. The fourth-order valence-corrected chi connectivity index (χ4v) is 1.37. The predicted molar refractivity (Wildman–Crippen MR) is 54.8 cm³/mol. The lowest BCUT2D eigenvalue weighted by Crippen LogP contribution is -2.53. The summed E-state index contributed by atoms with van der Waals surface area (Å²) in [4.78, 5) is 12.2. The standard InChI is InChI=1S/C9H18F3N3O/c1-3-14-8(16)6-15(4-2)7(5-13)9(10,11)12/h7H,3-6,13H2,1-2H3,(H,14,16). The molecule has 0 spiro atoms. The molecule has 1 amide bonds. The fourth-order valence-electron chi connectivity index (χ4n) is 1.37. The lowest BCUT2D eigenvalue weighted by molar-refractivity contribution is -0.181. The third kappa shape index (κ3) is 4.80. The van der Waals surface area contributed by atoms with Crippen LogP contribution in [0.25, 0.3) is 0 Å². The maximum absolute atomic E-state index is 12.5. The molecule has 4 nitrogen and oxygen atoms in total. The third-order valence-electron chi connectivity index (χ3n) is 2.17. The van der Waals surface area contributed by atoms with Gasteiger partial charge in [0, 0.05) is 13.1 Å². The molecule has 0 aromatic rings. The van der Waals surface area contributed by atoms with Crippen molar-refractivity contribution in [3.63, 3.8) is 0 Å². The molecule has 1 unspecified atom stereocenters. The summed E-state index contributed by atoms with van der Waals surface area (Å²) < 4.78 is 37.6. The van der Waals surface area contributed by atoms with Crippen molar-refractivity contribution < 1.29 is 18.0 Å². The van der Waals surface area contributed by atoms with Gasteiger partial charge < -0.3 is 11.1 Å². The Kier molecular flexibility index (Phi) is 6.35. The van der Waals surface area contributed by atoms with E-state index in [0.29, 0.717) is 6.54 Å². The summed E-state index contributed by atoms with van der Waals surface area (Å²) in [6, 6.07) is -1.76. The quantitative estimate of drug-likeness (QED) is 0.704. The molecule has 0 saturated carbocycles. The van der Waals surface area contributed by atoms with Crippen LogP contribution in [0.3, 0.4) is 0 Å². The Hall–Kier alpha value is -0.820. The second-order valence-corrected chi connectivity index (χ2v) is 3.31. The first-order chi connectivity index (χ1) is 7.36. The summed E-state index contributed by atoms with van der Waals surface area (Å²) in [5, 5.41) is 2.45. The average Bonchev–Trinajstić information content (AvgIpc) is 2.15. The van der Waals surface area contributed by atoms with E-state index in [0.717, 1.165) is 4.90 Å². The number of hydrogen-bond acceptors (Lipinski definition) is 3. The lowest BCUT2D eigenvalue weighted by atomic mass is 10.2. The minimum absolute atomic E-state index is 0.124. The molecule has 1 atom stereocenters. The van der Waals surface area contributed by atoms with E-state index in [9.17, 15) is 18.0 Å². The molecule has 0 saturated heterocycles. The number of carbonyl (C=O) groups is 1. The van der Waals surface area contributed by atoms with Gasteiger partial charge in [-0.25, -0.2) is 0 Å². The molecule has 0 heterocycles. The largest absolute Gasteiger partial charge is 0.405 e. The van der Waals surface area contributed by atoms with Gasteiger partial charge in [-0.3, -0.25) is 9.69 Å². The van der Waals surface area contributed by atoms with Gasteiger partial charge in [-0.1, -0.05) is 6.92 Å². The molecule has 96 valence electrons. The molecule has 0 aromatic heterocycles. The van der Waals surface area contributed by atoms with Crippen molar-refractivity contribution in [2.75, 3.05) is 26.2 Å². The van der Waals surface area contributed by atoms with E-state index < -0.39 is 24.7 Å². The van der Waals surface area contributed by atoms with Crippen LogP contribution < -0.4 is 11.1 Å². The van der Waals surface area contributed by atoms with E-state index >= 15 is 0 Å². The number of amides is 1. The molecule has 0 aliphatic heterocycles. The Morgan fingerprint density at radius 2 is 2.00 bits per heavy atom. The van der Waals surface area contributed by atoms with Crippen LogP contribution >= 0.6 is 0 Å². The Balaban J connectivity index is 4.51. The highest BCUT2D eigenvalue weighted by Gasteiger charge is 2.42. The Labute approximate surface area is 93.0 Å². The van der Waals surface area contributed by atoms with E-state index in [1.165, 1.54) is 0 Å². The highest BCUT2D eigenvalue weighted by molar-refractivity contribution is 5.77. The average molecular weight is 241 g/mol. The predicted octanol–water partition coefficient (Wildman–Crippen LogP) is 0.334. The minimum Gasteiger partial charge on any atom is -0.355 e. The second-order valence-electron chi connectivity index (χ2n) is 3.31. The van der Waals surface area contributed by atoms with Crippen LogP contribution in [-0.2, 0) is 4.79 Å². The maximum Gasteiger partial charge on any atom is 0.405 e. The van der Waals surface area contributed by atoms with Crippen molar-refractivity contribution in [3.8, 4) is 0 Å². The zero-order valence-electron chi connectivity index (χ0n) is 9.47. The van der Waals surface area contributed by atoms with E-state index in [4.69, 9.17) is 5.73 Å². The number of halogens is 3. The molecule has 0 radical (unpaired) electrons.